The zero-order chi connectivity index (χ0) is 85.1. The maximum atomic E-state index is 5.69. The number of aryl methyl sites for hydroxylation is 4. The predicted octanol–water partition coefficient (Wildman–Crippen LogP) is 41.0. The van der Waals surface area contributed by atoms with Crippen molar-refractivity contribution in [3.05, 3.63) is 92.4 Å². The van der Waals surface area contributed by atoms with Crippen molar-refractivity contribution >= 4 is 100 Å². The van der Waals surface area contributed by atoms with Crippen LogP contribution in [-0.4, -0.2) is 17.5 Å². The van der Waals surface area contributed by atoms with Crippen LogP contribution in [-0.2, 0) is 23.7 Å². The first-order valence-electron chi connectivity index (χ1n) is 52.8. The lowest BCUT2D eigenvalue weighted by Gasteiger charge is -2.35. The van der Waals surface area contributed by atoms with Crippen LogP contribution >= 0.6 is 68.8 Å². The fourth-order valence-electron chi connectivity index (χ4n) is 21.9. The molecular weight excluding hydrogens is 1590 g/mol. The molecule has 3 aromatic carbocycles. The molecule has 0 saturated heterocycles. The Labute approximate surface area is 771 Å². The minimum atomic E-state index is -0.171. The Morgan fingerprint density at radius 1 is 0.238 bits per heavy atom. The minimum absolute atomic E-state index is 0.108. The molecule has 10 heteroatoms. The first kappa shape index (κ1) is 98.9. The van der Waals surface area contributed by atoms with Gasteiger partial charge in [0.25, 0.3) is 0 Å². The van der Waals surface area contributed by atoms with Crippen molar-refractivity contribution in [3.8, 4) is 52.2 Å². The third-order valence-corrected chi connectivity index (χ3v) is 35.4. The lowest BCUT2D eigenvalue weighted by molar-refractivity contribution is 0.393. The van der Waals surface area contributed by atoms with Crippen molar-refractivity contribution in [2.24, 2.45) is 0 Å². The topological polar surface area (TPSA) is 51.6 Å². The van der Waals surface area contributed by atoms with E-state index in [1.807, 2.05) is 11.3 Å². The molecule has 0 N–H and O–H groups in total. The number of hydrogen-bond acceptors (Lipinski definition) is 10. The summed E-state index contributed by atoms with van der Waals surface area (Å²) in [7, 11) is 0. The Bertz CT molecular complexity index is 4290. The molecule has 0 bridgehead atoms. The van der Waals surface area contributed by atoms with E-state index in [9.17, 15) is 0 Å². The van der Waals surface area contributed by atoms with Crippen LogP contribution in [0.1, 0.15) is 522 Å². The van der Waals surface area contributed by atoms with Gasteiger partial charge in [-0.05, 0) is 158 Å². The van der Waals surface area contributed by atoms with Gasteiger partial charge in [0.2, 0.25) is 0 Å². The van der Waals surface area contributed by atoms with Gasteiger partial charge in [-0.15, -0.1) is 45.3 Å². The summed E-state index contributed by atoms with van der Waals surface area (Å²) in [6.45, 7) is 18.8. The predicted molar refractivity (Wildman–Crippen MR) is 551 cm³/mol. The van der Waals surface area contributed by atoms with Crippen LogP contribution in [0, 0.1) is 13.8 Å². The Morgan fingerprint density at radius 2 is 0.500 bits per heavy atom. The number of benzene rings is 3. The molecule has 0 fully saturated rings. The first-order valence-corrected chi connectivity index (χ1v) is 57.5. The van der Waals surface area contributed by atoms with E-state index >= 15 is 0 Å². The summed E-state index contributed by atoms with van der Waals surface area (Å²) in [4.78, 5) is 8.79. The molecule has 0 saturated carbocycles. The SMILES string of the molecule is CCCCCCCCCCCCCCCCC1(CCCCCCCCCCCCCCCC)c2cc3c(cc2-c2c1cc(C)c1nsnc21)C(CCCCCCCCCCCCCCCC)(CCCCCCCCCCCCCCCC)c1cc(-c2ccc(-c4sc5c(CCCCCC)c(-c6ccc(C)s6)sc5c4CCCCCC)s2)c2nsnc2c1-3. The summed E-state index contributed by atoms with van der Waals surface area (Å²) in [5.41, 5.74) is 22.5. The fraction of sp³-hybridized carbons (Fsp3) is 0.714. The summed E-state index contributed by atoms with van der Waals surface area (Å²) in [6.07, 6.45) is 94.9. The minimum Gasteiger partial charge on any atom is -0.173 e. The molecule has 0 atom stereocenters. The lowest BCUT2D eigenvalue weighted by Crippen LogP contribution is -2.27. The van der Waals surface area contributed by atoms with Gasteiger partial charge in [0, 0.05) is 66.2 Å². The number of hydrogen-bond donors (Lipinski definition) is 0. The van der Waals surface area contributed by atoms with E-state index in [-0.39, 0.29) is 10.8 Å². The number of nitrogens with zero attached hydrogens (tertiary/aromatic N) is 4. The molecule has 676 valence electrons. The van der Waals surface area contributed by atoms with Crippen molar-refractivity contribution in [2.45, 2.75) is 516 Å². The monoisotopic (exact) mass is 1770 g/mol. The van der Waals surface area contributed by atoms with Gasteiger partial charge in [-0.1, -0.05) is 446 Å². The van der Waals surface area contributed by atoms with Crippen LogP contribution < -0.4 is 0 Å². The lowest BCUT2D eigenvalue weighted by atomic mass is 9.68. The largest absolute Gasteiger partial charge is 0.173 e. The van der Waals surface area contributed by atoms with Crippen LogP contribution in [0.3, 0.4) is 0 Å². The Morgan fingerprint density at radius 3 is 0.828 bits per heavy atom. The highest BCUT2D eigenvalue weighted by Gasteiger charge is 2.50. The van der Waals surface area contributed by atoms with Gasteiger partial charge in [-0.3, -0.25) is 0 Å². The summed E-state index contributed by atoms with van der Waals surface area (Å²) < 4.78 is 25.1. The van der Waals surface area contributed by atoms with Crippen molar-refractivity contribution in [2.75, 3.05) is 0 Å². The molecule has 0 radical (unpaired) electrons. The zero-order valence-corrected chi connectivity index (χ0v) is 84.3. The number of rotatable bonds is 73. The average Bonchev–Trinajstić information content (AvgIpc) is 1.51. The van der Waals surface area contributed by atoms with Crippen LogP contribution in [0.15, 0.2) is 48.5 Å². The summed E-state index contributed by atoms with van der Waals surface area (Å²) in [5, 5.41) is 0. The Balaban J connectivity index is 0.978. The molecule has 11 rings (SSSR count). The molecule has 2 aliphatic carbocycles. The van der Waals surface area contributed by atoms with E-state index in [1.165, 1.54) is 535 Å². The molecule has 4 nitrogen and oxygen atoms in total. The fourth-order valence-corrected chi connectivity index (χ4v) is 28.3. The smallest absolute Gasteiger partial charge is 0.114 e. The van der Waals surface area contributed by atoms with Gasteiger partial charge >= 0.3 is 0 Å². The normalized spacial score (nSPS) is 13.4. The standard InChI is InChI=1S/C112H172N4S6/c1-9-15-21-27-31-35-39-43-47-51-55-59-63-69-79-111(80-70-64-60-56-52-48-44-40-36-32-28-22-16-10-2)94-85-92-95(84-91(94)101-96(111)83-87(7)103-105(101)115-121-113-103)112(81-71-65-61-57-53-49-45-41-37-33-29-23-17-11-3,82-72-66-62-58-54-50-46-42-38-34-30-24-18-12-4)97-86-93(104-106(102(92)97)116-122-114-104)98-77-78-100(118-98)108-90(74-68-26-20-14-6)110-109(120-108)89(73-67-25-19-13-5)107(119-110)99-76-75-88(8)117-99/h75-78,83-86H,9-74,79-82H2,1-8H3. The van der Waals surface area contributed by atoms with Gasteiger partial charge in [0.1, 0.15) is 22.1 Å². The van der Waals surface area contributed by atoms with Crippen molar-refractivity contribution < 1.29 is 0 Å². The average molecular weight is 1770 g/mol. The second-order valence-corrected chi connectivity index (χ2v) is 44.5. The summed E-state index contributed by atoms with van der Waals surface area (Å²) >= 11 is 11.3. The van der Waals surface area contributed by atoms with E-state index < -0.39 is 0 Å². The molecule has 6 heterocycles. The zero-order valence-electron chi connectivity index (χ0n) is 79.4. The molecule has 0 aliphatic heterocycles. The molecule has 2 aliphatic rings. The first-order chi connectivity index (χ1) is 60.2. The molecule has 122 heavy (non-hydrogen) atoms. The highest BCUT2D eigenvalue weighted by atomic mass is 32.1. The third-order valence-electron chi connectivity index (χ3n) is 29.2. The van der Waals surface area contributed by atoms with Gasteiger partial charge in [0.15, 0.2) is 0 Å². The molecule has 9 aromatic rings. The maximum Gasteiger partial charge on any atom is 0.114 e. The van der Waals surface area contributed by atoms with Crippen LogP contribution in [0.4, 0.5) is 0 Å². The molecule has 0 amide bonds. The number of thiophene rings is 4. The maximum absolute atomic E-state index is 5.69. The van der Waals surface area contributed by atoms with Crippen LogP contribution in [0.5, 0.6) is 0 Å². The van der Waals surface area contributed by atoms with E-state index in [1.54, 1.807) is 47.7 Å². The van der Waals surface area contributed by atoms with Gasteiger partial charge in [-0.25, -0.2) is 0 Å². The summed E-state index contributed by atoms with van der Waals surface area (Å²) in [6, 6.07) is 21.1. The van der Waals surface area contributed by atoms with E-state index in [0.717, 1.165) is 17.5 Å². The van der Waals surface area contributed by atoms with Crippen LogP contribution in [0.2, 0.25) is 0 Å². The summed E-state index contributed by atoms with van der Waals surface area (Å²) in [5.74, 6) is 0. The molecule has 0 unspecified atom stereocenters. The molecular formula is C112H172N4S6. The third kappa shape index (κ3) is 28.2. The van der Waals surface area contributed by atoms with E-state index in [4.69, 9.17) is 17.5 Å². The van der Waals surface area contributed by atoms with Gasteiger partial charge in [-0.2, -0.15) is 17.5 Å². The van der Waals surface area contributed by atoms with E-state index in [0.29, 0.717) is 0 Å². The second kappa shape index (κ2) is 56.1. The number of fused-ring (bicyclic) bond motifs is 11. The van der Waals surface area contributed by atoms with Crippen molar-refractivity contribution in [1.82, 2.24) is 17.5 Å². The molecule has 6 aromatic heterocycles. The number of unbranched alkanes of at least 4 members (excludes halogenated alkanes) is 58. The van der Waals surface area contributed by atoms with Crippen LogP contribution in [0.25, 0.3) is 83.7 Å². The number of aromatic nitrogens is 4. The highest BCUT2D eigenvalue weighted by Crippen LogP contribution is 2.64. The van der Waals surface area contributed by atoms with Crippen molar-refractivity contribution in [3.63, 3.8) is 0 Å². The van der Waals surface area contributed by atoms with E-state index in [2.05, 4.69) is 138 Å². The Hall–Kier alpha value is -3.64. The quantitative estimate of drug-likeness (QED) is 0.0357. The Kier molecular flexibility index (Phi) is 45.5. The second-order valence-electron chi connectivity index (χ2n) is 39.1. The molecule has 0 spiro atoms. The van der Waals surface area contributed by atoms with Crippen molar-refractivity contribution in [1.29, 1.82) is 0 Å². The van der Waals surface area contributed by atoms with Gasteiger partial charge in [0.05, 0.1) is 23.5 Å². The van der Waals surface area contributed by atoms with Gasteiger partial charge < -0.3 is 0 Å². The highest BCUT2D eigenvalue weighted by molar-refractivity contribution is 7.34.